The van der Waals surface area contributed by atoms with E-state index in [-0.39, 0.29) is 17.7 Å². The zero-order chi connectivity index (χ0) is 19.6. The van der Waals surface area contributed by atoms with E-state index in [2.05, 4.69) is 16.1 Å². The van der Waals surface area contributed by atoms with E-state index < -0.39 is 6.36 Å². The Morgan fingerprint density at radius 2 is 1.86 bits per heavy atom. The topological polar surface area (TPSA) is 42.8 Å². The van der Waals surface area contributed by atoms with Gasteiger partial charge in [-0.25, -0.2) is 0 Å². The number of nitrogens with one attached hydrogen (secondary N) is 1. The van der Waals surface area contributed by atoms with E-state index in [9.17, 15) is 13.2 Å². The molecule has 1 fully saturated rings. The second-order valence-corrected chi connectivity index (χ2v) is 7.21. The third-order valence-electron chi connectivity index (χ3n) is 5.30. The number of anilines is 1. The molecule has 4 rings (SSSR count). The van der Waals surface area contributed by atoms with Crippen LogP contribution in [0.4, 0.5) is 18.9 Å². The fourth-order valence-electron chi connectivity index (χ4n) is 3.90. The van der Waals surface area contributed by atoms with E-state index in [0.29, 0.717) is 18.8 Å². The molecule has 2 aliphatic rings. The Balaban J connectivity index is 1.59. The van der Waals surface area contributed by atoms with Crippen LogP contribution in [0.3, 0.4) is 0 Å². The Morgan fingerprint density at radius 3 is 2.64 bits per heavy atom. The number of fused-ring (bicyclic) bond motifs is 1. The van der Waals surface area contributed by atoms with Crippen molar-refractivity contribution in [2.75, 3.05) is 18.5 Å². The first-order chi connectivity index (χ1) is 13.4. The number of rotatable bonds is 3. The number of aliphatic imine (C=N–C) groups is 1. The van der Waals surface area contributed by atoms with Gasteiger partial charge in [0.1, 0.15) is 11.6 Å². The molecule has 0 atom stereocenters. The van der Waals surface area contributed by atoms with Crippen molar-refractivity contribution in [1.82, 2.24) is 0 Å². The molecule has 148 valence electrons. The fraction of sp³-hybridized carbons (Fsp3) is 0.381. The van der Waals surface area contributed by atoms with Gasteiger partial charge in [0, 0.05) is 24.3 Å². The molecular formula is C21H21F3N2O2. The molecule has 1 N–H and O–H groups in total. The van der Waals surface area contributed by atoms with Gasteiger partial charge in [0.05, 0.1) is 6.54 Å². The molecule has 2 aromatic rings. The van der Waals surface area contributed by atoms with Gasteiger partial charge in [-0.2, -0.15) is 0 Å². The van der Waals surface area contributed by atoms with E-state index in [0.717, 1.165) is 30.8 Å². The molecular weight excluding hydrogens is 369 g/mol. The van der Waals surface area contributed by atoms with Gasteiger partial charge < -0.3 is 14.8 Å². The van der Waals surface area contributed by atoms with Crippen LogP contribution in [0.25, 0.3) is 0 Å². The van der Waals surface area contributed by atoms with Gasteiger partial charge in [0.2, 0.25) is 0 Å². The molecule has 0 aliphatic carbocycles. The van der Waals surface area contributed by atoms with Crippen molar-refractivity contribution in [3.8, 4) is 5.75 Å². The lowest BCUT2D eigenvalue weighted by Crippen LogP contribution is -2.45. The highest BCUT2D eigenvalue weighted by Crippen LogP contribution is 2.41. The van der Waals surface area contributed by atoms with Crippen molar-refractivity contribution in [3.05, 3.63) is 59.7 Å². The lowest BCUT2D eigenvalue weighted by atomic mass is 9.71. The molecule has 28 heavy (non-hydrogen) atoms. The number of hydrogen-bond acceptors (Lipinski definition) is 3. The SMILES string of the molecule is FC(F)(F)Oc1cccc(CN=C2Nc3ccccc3CC23CCOCC3)c1. The van der Waals surface area contributed by atoms with E-state index in [1.54, 1.807) is 12.1 Å². The number of ether oxygens (including phenoxy) is 2. The molecule has 1 spiro atoms. The predicted octanol–water partition coefficient (Wildman–Crippen LogP) is 4.95. The summed E-state index contributed by atoms with van der Waals surface area (Å²) in [7, 11) is 0. The minimum Gasteiger partial charge on any atom is -0.406 e. The molecule has 0 unspecified atom stereocenters. The maximum Gasteiger partial charge on any atom is 0.573 e. The van der Waals surface area contributed by atoms with Crippen molar-refractivity contribution >= 4 is 11.5 Å². The standard InChI is InChI=1S/C21H21F3N2O2/c22-21(23,24)28-17-6-3-4-15(12-17)14-25-19-20(8-10-27-11-9-20)13-16-5-1-2-7-18(16)26-19/h1-7,12H,8-11,13-14H2,(H,25,26). The number of alkyl halides is 3. The highest BCUT2D eigenvalue weighted by molar-refractivity contribution is 6.02. The first-order valence-corrected chi connectivity index (χ1v) is 9.26. The first kappa shape index (κ1) is 18.8. The van der Waals surface area contributed by atoms with Crippen LogP contribution < -0.4 is 10.1 Å². The number of para-hydroxylation sites is 1. The largest absolute Gasteiger partial charge is 0.573 e. The highest BCUT2D eigenvalue weighted by Gasteiger charge is 2.41. The van der Waals surface area contributed by atoms with Crippen LogP contribution in [-0.2, 0) is 17.7 Å². The van der Waals surface area contributed by atoms with E-state index in [1.807, 2.05) is 18.2 Å². The molecule has 2 heterocycles. The lowest BCUT2D eigenvalue weighted by molar-refractivity contribution is -0.274. The summed E-state index contributed by atoms with van der Waals surface area (Å²) in [6.07, 6.45) is -2.09. The van der Waals surface area contributed by atoms with Crippen LogP contribution in [-0.4, -0.2) is 25.4 Å². The average molecular weight is 390 g/mol. The molecule has 0 bridgehead atoms. The number of amidine groups is 1. The summed E-state index contributed by atoms with van der Waals surface area (Å²) in [5.41, 5.74) is 2.83. The molecule has 0 radical (unpaired) electrons. The van der Waals surface area contributed by atoms with E-state index in [4.69, 9.17) is 9.73 Å². The molecule has 7 heteroatoms. The summed E-state index contributed by atoms with van der Waals surface area (Å²) in [5, 5.41) is 3.46. The summed E-state index contributed by atoms with van der Waals surface area (Å²) < 4.78 is 46.9. The van der Waals surface area contributed by atoms with Gasteiger partial charge in [0.15, 0.2) is 0 Å². The van der Waals surface area contributed by atoms with Crippen molar-refractivity contribution in [1.29, 1.82) is 0 Å². The van der Waals surface area contributed by atoms with E-state index >= 15 is 0 Å². The molecule has 2 aromatic carbocycles. The fourth-order valence-corrected chi connectivity index (χ4v) is 3.90. The van der Waals surface area contributed by atoms with Gasteiger partial charge in [-0.05, 0) is 48.6 Å². The Labute approximate surface area is 161 Å². The number of halogens is 3. The Morgan fingerprint density at radius 1 is 1.07 bits per heavy atom. The van der Waals surface area contributed by atoms with Crippen molar-refractivity contribution in [2.45, 2.75) is 32.2 Å². The summed E-state index contributed by atoms with van der Waals surface area (Å²) in [4.78, 5) is 4.78. The average Bonchev–Trinajstić information content (AvgIpc) is 2.66. The first-order valence-electron chi connectivity index (χ1n) is 9.26. The van der Waals surface area contributed by atoms with E-state index in [1.165, 1.54) is 17.7 Å². The second kappa shape index (κ2) is 7.47. The summed E-state index contributed by atoms with van der Waals surface area (Å²) in [6.45, 7) is 1.64. The Hall–Kier alpha value is -2.54. The summed E-state index contributed by atoms with van der Waals surface area (Å²) in [6, 6.07) is 14.1. The smallest absolute Gasteiger partial charge is 0.406 e. The van der Waals surface area contributed by atoms with Crippen molar-refractivity contribution in [3.63, 3.8) is 0 Å². The van der Waals surface area contributed by atoms with Crippen LogP contribution in [0.2, 0.25) is 0 Å². The Kier molecular flexibility index (Phi) is 5.02. The monoisotopic (exact) mass is 390 g/mol. The zero-order valence-corrected chi connectivity index (χ0v) is 15.3. The van der Waals surface area contributed by atoms with Gasteiger partial charge in [-0.15, -0.1) is 13.2 Å². The van der Waals surface area contributed by atoms with Gasteiger partial charge in [0.25, 0.3) is 0 Å². The van der Waals surface area contributed by atoms with Gasteiger partial charge in [-0.3, -0.25) is 4.99 Å². The molecule has 4 nitrogen and oxygen atoms in total. The van der Waals surface area contributed by atoms with Gasteiger partial charge in [-0.1, -0.05) is 30.3 Å². The maximum atomic E-state index is 12.5. The van der Waals surface area contributed by atoms with Gasteiger partial charge >= 0.3 is 6.36 Å². The minimum atomic E-state index is -4.70. The molecule has 2 aliphatic heterocycles. The van der Waals surface area contributed by atoms with Crippen LogP contribution in [0, 0.1) is 5.41 Å². The molecule has 1 saturated heterocycles. The number of nitrogens with zero attached hydrogens (tertiary/aromatic N) is 1. The van der Waals surface area contributed by atoms with Crippen molar-refractivity contribution < 1.29 is 22.6 Å². The Bertz CT molecular complexity index is 874. The normalized spacial score (nSPS) is 19.9. The third kappa shape index (κ3) is 4.14. The minimum absolute atomic E-state index is 0.118. The third-order valence-corrected chi connectivity index (χ3v) is 5.30. The second-order valence-electron chi connectivity index (χ2n) is 7.21. The summed E-state index contributed by atoms with van der Waals surface area (Å²) in [5.74, 6) is 0.657. The van der Waals surface area contributed by atoms with Crippen LogP contribution in [0.1, 0.15) is 24.0 Å². The van der Waals surface area contributed by atoms with Crippen LogP contribution in [0.15, 0.2) is 53.5 Å². The number of benzene rings is 2. The van der Waals surface area contributed by atoms with Crippen LogP contribution >= 0.6 is 0 Å². The number of hydrogen-bond donors (Lipinski definition) is 1. The molecule has 0 aromatic heterocycles. The predicted molar refractivity (Wildman–Crippen MR) is 101 cm³/mol. The molecule has 0 amide bonds. The zero-order valence-electron chi connectivity index (χ0n) is 15.3. The van der Waals surface area contributed by atoms with Crippen LogP contribution in [0.5, 0.6) is 5.75 Å². The maximum absolute atomic E-state index is 12.5. The quantitative estimate of drug-likeness (QED) is 0.807. The molecule has 0 saturated carbocycles. The lowest BCUT2D eigenvalue weighted by Gasteiger charge is -2.42. The highest BCUT2D eigenvalue weighted by atomic mass is 19.4. The van der Waals surface area contributed by atoms with Crippen molar-refractivity contribution in [2.24, 2.45) is 10.4 Å². The summed E-state index contributed by atoms with van der Waals surface area (Å²) >= 11 is 0.